The van der Waals surface area contributed by atoms with Crippen molar-refractivity contribution in [1.82, 2.24) is 5.09 Å². The van der Waals surface area contributed by atoms with E-state index >= 15 is 0 Å². The minimum Gasteiger partial charge on any atom is -0.361 e. The Morgan fingerprint density at radius 2 is 1.02 bits per heavy atom. The van der Waals surface area contributed by atoms with E-state index in [1.165, 1.54) is 12.8 Å². The van der Waals surface area contributed by atoms with Crippen LogP contribution in [0.25, 0.3) is 0 Å². The molecule has 2 fully saturated rings. The van der Waals surface area contributed by atoms with Crippen molar-refractivity contribution in [2.45, 2.75) is 43.7 Å². The molecule has 0 saturated heterocycles. The summed E-state index contributed by atoms with van der Waals surface area (Å²) in [6, 6.07) is 52.0. The third-order valence-electron chi connectivity index (χ3n) is 9.76. The lowest BCUT2D eigenvalue weighted by molar-refractivity contribution is 0.0104. The Hall–Kier alpha value is -3.75. The van der Waals surface area contributed by atoms with Crippen molar-refractivity contribution < 1.29 is 9.30 Å². The number of rotatable bonds is 14. The van der Waals surface area contributed by atoms with Crippen LogP contribution in [0, 0.1) is 11.3 Å². The Labute approximate surface area is 261 Å². The fraction of sp³-hybridized carbons (Fsp3) is 0.250. The van der Waals surface area contributed by atoms with Gasteiger partial charge in [0.25, 0.3) is 0 Å². The molecule has 0 aliphatic heterocycles. The quantitative estimate of drug-likeness (QED) is 0.0793. The number of hydrogen-bond acceptors (Lipinski definition) is 2. The van der Waals surface area contributed by atoms with Crippen molar-refractivity contribution in [2.75, 3.05) is 6.61 Å². The average Bonchev–Trinajstić information content (AvgIpc) is 4.00. The molecule has 0 amide bonds. The minimum atomic E-state index is -2.99. The first-order chi connectivity index (χ1) is 21.7. The van der Waals surface area contributed by atoms with E-state index in [0.29, 0.717) is 12.0 Å². The van der Waals surface area contributed by atoms with Crippen molar-refractivity contribution in [2.24, 2.45) is 11.3 Å². The van der Waals surface area contributed by atoms with E-state index in [4.69, 9.17) is 4.74 Å². The average molecular weight is 598 g/mol. The van der Waals surface area contributed by atoms with Crippen molar-refractivity contribution in [3.63, 3.8) is 0 Å². The molecule has 3 nitrogen and oxygen atoms in total. The number of hydrogen-bond donors (Lipinski definition) is 1. The SMILES string of the molecule is O=P(NC(CCCCOC(c1ccccc1)(c1ccccc1)c1ccccc1)C12CC1C2)(c1ccccc1)c1ccccc1. The van der Waals surface area contributed by atoms with Gasteiger partial charge in [0.1, 0.15) is 5.60 Å². The summed E-state index contributed by atoms with van der Waals surface area (Å²) in [5.41, 5.74) is 3.00. The topological polar surface area (TPSA) is 38.3 Å². The molecule has 2 saturated carbocycles. The molecule has 4 heteroatoms. The second-order valence-electron chi connectivity index (χ2n) is 12.4. The number of nitrogens with one attached hydrogen (secondary N) is 1. The van der Waals surface area contributed by atoms with Crippen molar-refractivity contribution >= 4 is 17.9 Å². The van der Waals surface area contributed by atoms with E-state index in [9.17, 15) is 4.57 Å². The Kier molecular flexibility index (Phi) is 8.12. The van der Waals surface area contributed by atoms with Crippen molar-refractivity contribution in [3.05, 3.63) is 168 Å². The summed E-state index contributed by atoms with van der Waals surface area (Å²) in [6.45, 7) is 0.622. The molecule has 0 bridgehead atoms. The molecule has 1 unspecified atom stereocenters. The molecule has 7 rings (SSSR count). The summed E-state index contributed by atoms with van der Waals surface area (Å²) in [6.07, 6.45) is 5.42. The van der Waals surface area contributed by atoms with Gasteiger partial charge in [-0.05, 0) is 84.4 Å². The maximum atomic E-state index is 14.9. The van der Waals surface area contributed by atoms with Crippen LogP contribution in [0.2, 0.25) is 0 Å². The third-order valence-corrected chi connectivity index (χ3v) is 12.5. The van der Waals surface area contributed by atoms with Crippen LogP contribution >= 0.6 is 7.29 Å². The maximum Gasteiger partial charge on any atom is 0.204 e. The fourth-order valence-corrected chi connectivity index (χ4v) is 9.63. The molecule has 222 valence electrons. The molecular formula is C40H40NO2P. The summed E-state index contributed by atoms with van der Waals surface area (Å²) >= 11 is 0. The Balaban J connectivity index is 1.11. The predicted molar refractivity (Wildman–Crippen MR) is 181 cm³/mol. The summed E-state index contributed by atoms with van der Waals surface area (Å²) in [5.74, 6) is 0.790. The smallest absolute Gasteiger partial charge is 0.204 e. The lowest BCUT2D eigenvalue weighted by Crippen LogP contribution is -2.38. The molecule has 0 spiro atoms. The van der Waals surface area contributed by atoms with Crippen LogP contribution in [0.3, 0.4) is 0 Å². The Bertz CT molecular complexity index is 1550. The van der Waals surface area contributed by atoms with E-state index in [1.807, 2.05) is 60.7 Å². The molecule has 2 aliphatic rings. The first-order valence-electron chi connectivity index (χ1n) is 15.9. The normalized spacial score (nSPS) is 19.6. The van der Waals surface area contributed by atoms with E-state index in [0.717, 1.165) is 52.5 Å². The predicted octanol–water partition coefficient (Wildman–Crippen LogP) is 8.46. The zero-order valence-corrected chi connectivity index (χ0v) is 26.0. The summed E-state index contributed by atoms with van der Waals surface area (Å²) in [5, 5.41) is 5.57. The van der Waals surface area contributed by atoms with Gasteiger partial charge in [-0.15, -0.1) is 0 Å². The zero-order valence-electron chi connectivity index (χ0n) is 25.1. The molecule has 1 atom stereocenters. The second-order valence-corrected chi connectivity index (χ2v) is 14.9. The van der Waals surface area contributed by atoms with Gasteiger partial charge in [0.05, 0.1) is 0 Å². The zero-order chi connectivity index (χ0) is 29.9. The molecule has 0 aromatic heterocycles. The first-order valence-corrected chi connectivity index (χ1v) is 17.7. The van der Waals surface area contributed by atoms with Gasteiger partial charge in [-0.1, -0.05) is 127 Å². The molecule has 5 aromatic rings. The fourth-order valence-electron chi connectivity index (χ4n) is 7.03. The van der Waals surface area contributed by atoms with Crippen LogP contribution in [0.4, 0.5) is 0 Å². The molecule has 0 radical (unpaired) electrons. The summed E-state index contributed by atoms with van der Waals surface area (Å²) < 4.78 is 21.9. The second kappa shape index (κ2) is 12.3. The standard InChI is InChI=1S/C40H40NO2P/c42-44(36-24-12-4-13-25-36,37-26-14-5-15-27-37)41-38(39-30-35(39)31-39)28-16-17-29-43-40(32-18-6-1-7-19-32,33-20-8-2-9-21-33)34-22-10-3-11-23-34/h1-15,18-27,35,38H,16-17,28-31H2,(H,41,42). The third kappa shape index (κ3) is 5.50. The van der Waals surface area contributed by atoms with Gasteiger partial charge in [0.15, 0.2) is 0 Å². The number of benzene rings is 5. The molecular weight excluding hydrogens is 557 g/mol. The molecule has 1 N–H and O–H groups in total. The van der Waals surface area contributed by atoms with Gasteiger partial charge in [0.2, 0.25) is 7.29 Å². The Morgan fingerprint density at radius 1 is 0.636 bits per heavy atom. The van der Waals surface area contributed by atoms with Gasteiger partial charge in [-0.3, -0.25) is 9.65 Å². The highest BCUT2D eigenvalue weighted by molar-refractivity contribution is 7.76. The van der Waals surface area contributed by atoms with E-state index in [-0.39, 0.29) is 6.04 Å². The van der Waals surface area contributed by atoms with Crippen LogP contribution in [-0.4, -0.2) is 12.6 Å². The van der Waals surface area contributed by atoms with Crippen LogP contribution in [-0.2, 0) is 14.9 Å². The van der Waals surface area contributed by atoms with Gasteiger partial charge in [-0.2, -0.15) is 0 Å². The van der Waals surface area contributed by atoms with Crippen molar-refractivity contribution in [3.8, 4) is 0 Å². The molecule has 0 heterocycles. The number of fused-ring (bicyclic) bond motifs is 1. The van der Waals surface area contributed by atoms with Gasteiger partial charge in [-0.25, -0.2) is 0 Å². The first kappa shape index (κ1) is 29.0. The van der Waals surface area contributed by atoms with Crippen LogP contribution < -0.4 is 15.7 Å². The molecule has 2 aliphatic carbocycles. The van der Waals surface area contributed by atoms with Gasteiger partial charge in [0, 0.05) is 23.3 Å². The molecule has 44 heavy (non-hydrogen) atoms. The largest absolute Gasteiger partial charge is 0.361 e. The number of ether oxygens (including phenoxy) is 1. The monoisotopic (exact) mass is 597 g/mol. The highest BCUT2D eigenvalue weighted by Crippen LogP contribution is 2.78. The van der Waals surface area contributed by atoms with E-state index in [1.54, 1.807) is 0 Å². The van der Waals surface area contributed by atoms with Crippen molar-refractivity contribution in [1.29, 1.82) is 0 Å². The lowest BCUT2D eigenvalue weighted by atomic mass is 9.80. The highest BCUT2D eigenvalue weighted by atomic mass is 31.2. The highest BCUT2D eigenvalue weighted by Gasteiger charge is 2.73. The van der Waals surface area contributed by atoms with E-state index in [2.05, 4.69) is 96.1 Å². The maximum absolute atomic E-state index is 14.9. The minimum absolute atomic E-state index is 0.223. The van der Waals surface area contributed by atoms with Gasteiger partial charge < -0.3 is 4.74 Å². The Morgan fingerprint density at radius 3 is 1.41 bits per heavy atom. The summed E-state index contributed by atoms with van der Waals surface area (Å²) in [4.78, 5) is 0. The molecule has 5 aromatic carbocycles. The summed E-state index contributed by atoms with van der Waals surface area (Å²) in [7, 11) is -2.99. The van der Waals surface area contributed by atoms with Gasteiger partial charge >= 0.3 is 0 Å². The van der Waals surface area contributed by atoms with Crippen LogP contribution in [0.1, 0.15) is 48.8 Å². The van der Waals surface area contributed by atoms with E-state index < -0.39 is 12.9 Å². The van der Waals surface area contributed by atoms with Crippen LogP contribution in [0.5, 0.6) is 0 Å². The lowest BCUT2D eigenvalue weighted by Gasteiger charge is -2.36. The van der Waals surface area contributed by atoms with Crippen LogP contribution in [0.15, 0.2) is 152 Å². The number of unbranched alkanes of at least 4 members (excludes halogenated alkanes) is 1.